The smallest absolute Gasteiger partial charge is 0.266 e. The van der Waals surface area contributed by atoms with Crippen LogP contribution in [0.25, 0.3) is 11.1 Å². The third-order valence-corrected chi connectivity index (χ3v) is 4.53. The third-order valence-electron chi connectivity index (χ3n) is 4.35. The average molecular weight is 333 g/mol. The predicted octanol–water partition coefficient (Wildman–Crippen LogP) is 2.52. The monoisotopic (exact) mass is 333 g/mol. The molecule has 0 radical (unpaired) electrons. The molecular formula is C16H19N3O3S. The number of carbonyl (C=O) groups excluding carboxylic acids is 2. The predicted molar refractivity (Wildman–Crippen MR) is 88.7 cm³/mol. The molecule has 1 aromatic carbocycles. The Labute approximate surface area is 138 Å². The fourth-order valence-electron chi connectivity index (χ4n) is 3.14. The molecule has 6 nitrogen and oxygen atoms in total. The number of amides is 2. The first kappa shape index (κ1) is 15.7. The van der Waals surface area contributed by atoms with Crippen molar-refractivity contribution in [2.45, 2.75) is 31.7 Å². The molecule has 3 rings (SSSR count). The van der Waals surface area contributed by atoms with Crippen LogP contribution < -0.4 is 10.6 Å². The van der Waals surface area contributed by atoms with E-state index in [1.54, 1.807) is 25.2 Å². The van der Waals surface area contributed by atoms with E-state index in [9.17, 15) is 9.59 Å². The van der Waals surface area contributed by atoms with Crippen LogP contribution in [0.2, 0.25) is 0 Å². The highest BCUT2D eigenvalue weighted by Crippen LogP contribution is 2.25. The molecule has 1 heterocycles. The van der Waals surface area contributed by atoms with Gasteiger partial charge in [0.2, 0.25) is 5.91 Å². The van der Waals surface area contributed by atoms with E-state index in [4.69, 9.17) is 16.6 Å². The number of H-pyrrole nitrogens is 1. The molecule has 2 aromatic rings. The molecule has 0 saturated heterocycles. The summed E-state index contributed by atoms with van der Waals surface area (Å²) in [6, 6.07) is 5.01. The van der Waals surface area contributed by atoms with Crippen LogP contribution in [0.1, 0.15) is 36.0 Å². The van der Waals surface area contributed by atoms with Crippen LogP contribution in [0.4, 0.5) is 0 Å². The molecule has 23 heavy (non-hydrogen) atoms. The molecule has 1 aromatic heterocycles. The Balaban J connectivity index is 1.78. The Morgan fingerprint density at radius 1 is 1.30 bits per heavy atom. The Bertz CT molecular complexity index is 795. The summed E-state index contributed by atoms with van der Waals surface area (Å²) in [5.74, 6) is -0.380. The molecule has 1 aliphatic rings. The molecule has 0 spiro atoms. The van der Waals surface area contributed by atoms with Crippen LogP contribution in [-0.4, -0.2) is 29.9 Å². The Kier molecular flexibility index (Phi) is 4.47. The molecule has 3 N–H and O–H groups in total. The number of fused-ring (bicyclic) bond motifs is 1. The summed E-state index contributed by atoms with van der Waals surface area (Å²) in [5.41, 5.74) is 1.80. The van der Waals surface area contributed by atoms with Crippen LogP contribution in [0.3, 0.4) is 0 Å². The number of carbonyl (C=O) groups is 2. The van der Waals surface area contributed by atoms with Gasteiger partial charge in [0.25, 0.3) is 10.7 Å². The van der Waals surface area contributed by atoms with Gasteiger partial charge in [-0.25, -0.2) is 0 Å². The van der Waals surface area contributed by atoms with Gasteiger partial charge < -0.3 is 20.0 Å². The Morgan fingerprint density at radius 3 is 2.87 bits per heavy atom. The normalized spacial score (nSPS) is 21.1. The van der Waals surface area contributed by atoms with Crippen LogP contribution in [0.15, 0.2) is 22.6 Å². The van der Waals surface area contributed by atoms with Crippen molar-refractivity contribution in [1.82, 2.24) is 15.6 Å². The van der Waals surface area contributed by atoms with Crippen LogP contribution in [-0.2, 0) is 4.79 Å². The van der Waals surface area contributed by atoms with E-state index in [2.05, 4.69) is 15.6 Å². The summed E-state index contributed by atoms with van der Waals surface area (Å²) in [4.78, 5) is 27.7. The number of aromatic amines is 1. The molecule has 1 saturated carbocycles. The van der Waals surface area contributed by atoms with E-state index in [1.165, 1.54) is 0 Å². The van der Waals surface area contributed by atoms with Crippen molar-refractivity contribution >= 4 is 35.1 Å². The molecule has 0 bridgehead atoms. The highest BCUT2D eigenvalue weighted by Gasteiger charge is 2.31. The molecular weight excluding hydrogens is 314 g/mol. The summed E-state index contributed by atoms with van der Waals surface area (Å²) in [6.07, 6.45) is 3.65. The molecule has 0 unspecified atom stereocenters. The van der Waals surface area contributed by atoms with Gasteiger partial charge in [-0.15, -0.1) is 0 Å². The number of hydrogen-bond donors (Lipinski definition) is 3. The maximum Gasteiger partial charge on any atom is 0.266 e. The highest BCUT2D eigenvalue weighted by atomic mass is 32.1. The van der Waals surface area contributed by atoms with E-state index in [-0.39, 0.29) is 28.6 Å². The van der Waals surface area contributed by atoms with Crippen molar-refractivity contribution in [2.24, 2.45) is 5.92 Å². The number of rotatable bonds is 3. The number of nitrogens with one attached hydrogen (secondary N) is 3. The maximum absolute atomic E-state index is 12.5. The molecule has 122 valence electrons. The number of benzene rings is 1. The van der Waals surface area contributed by atoms with Crippen molar-refractivity contribution in [2.75, 3.05) is 7.05 Å². The fraction of sp³-hybridized carbons (Fsp3) is 0.438. The number of aromatic nitrogens is 1. The van der Waals surface area contributed by atoms with Gasteiger partial charge in [0.15, 0.2) is 5.58 Å². The number of hydrogen-bond acceptors (Lipinski definition) is 4. The van der Waals surface area contributed by atoms with Gasteiger partial charge in [0.1, 0.15) is 0 Å². The summed E-state index contributed by atoms with van der Waals surface area (Å²) in [5, 5.41) is 5.68. The van der Waals surface area contributed by atoms with Crippen LogP contribution >= 0.6 is 12.2 Å². The minimum atomic E-state index is -0.199. The quantitative estimate of drug-likeness (QED) is 0.753. The third kappa shape index (κ3) is 3.29. The van der Waals surface area contributed by atoms with Gasteiger partial charge in [-0.2, -0.15) is 0 Å². The van der Waals surface area contributed by atoms with Gasteiger partial charge in [-0.3, -0.25) is 9.59 Å². The van der Waals surface area contributed by atoms with Crippen molar-refractivity contribution in [1.29, 1.82) is 0 Å². The lowest BCUT2D eigenvalue weighted by Crippen LogP contribution is -2.47. The molecule has 2 atom stereocenters. The maximum atomic E-state index is 12.5. The summed E-state index contributed by atoms with van der Waals surface area (Å²) >= 11 is 4.94. The minimum Gasteiger partial charge on any atom is -0.429 e. The lowest BCUT2D eigenvalue weighted by Gasteiger charge is -2.30. The first-order valence-corrected chi connectivity index (χ1v) is 8.14. The summed E-state index contributed by atoms with van der Waals surface area (Å²) in [6.45, 7) is 0. The summed E-state index contributed by atoms with van der Waals surface area (Å²) < 4.78 is 5.34. The van der Waals surface area contributed by atoms with E-state index >= 15 is 0 Å². The average Bonchev–Trinajstić information content (AvgIpc) is 2.93. The van der Waals surface area contributed by atoms with Crippen LogP contribution in [0, 0.1) is 10.8 Å². The molecule has 7 heteroatoms. The van der Waals surface area contributed by atoms with Gasteiger partial charge in [-0.1, -0.05) is 12.8 Å². The molecule has 2 amide bonds. The molecule has 0 aliphatic heterocycles. The molecule has 1 fully saturated rings. The van der Waals surface area contributed by atoms with E-state index < -0.39 is 0 Å². The second-order valence-electron chi connectivity index (χ2n) is 5.81. The number of oxazole rings is 1. The van der Waals surface area contributed by atoms with Crippen molar-refractivity contribution in [3.63, 3.8) is 0 Å². The zero-order valence-corrected chi connectivity index (χ0v) is 13.7. The zero-order valence-electron chi connectivity index (χ0n) is 12.8. The zero-order chi connectivity index (χ0) is 16.4. The van der Waals surface area contributed by atoms with Gasteiger partial charge in [0, 0.05) is 18.7 Å². The van der Waals surface area contributed by atoms with Gasteiger partial charge in [-0.05, 0) is 43.3 Å². The largest absolute Gasteiger partial charge is 0.429 e. The van der Waals surface area contributed by atoms with Crippen molar-refractivity contribution in [3.05, 3.63) is 28.6 Å². The molecule has 1 aliphatic carbocycles. The van der Waals surface area contributed by atoms with Crippen molar-refractivity contribution in [3.8, 4) is 0 Å². The Morgan fingerprint density at radius 2 is 2.09 bits per heavy atom. The van der Waals surface area contributed by atoms with Crippen molar-refractivity contribution < 1.29 is 14.0 Å². The topological polar surface area (TPSA) is 87.1 Å². The lowest BCUT2D eigenvalue weighted by molar-refractivity contribution is -0.126. The Hall–Kier alpha value is -2.15. The SMILES string of the molecule is CNC(=O)[C@@H]1CCCC[C@@H]1NC(=O)c1ccc2[nH]c(=S)oc2c1. The second-order valence-corrected chi connectivity index (χ2v) is 6.18. The second kappa shape index (κ2) is 6.54. The van der Waals surface area contributed by atoms with Gasteiger partial charge in [0.05, 0.1) is 11.4 Å². The van der Waals surface area contributed by atoms with Crippen LogP contribution in [0.5, 0.6) is 0 Å². The summed E-state index contributed by atoms with van der Waals surface area (Å²) in [7, 11) is 1.63. The highest BCUT2D eigenvalue weighted by molar-refractivity contribution is 7.71. The minimum absolute atomic E-state index is 0.0122. The van der Waals surface area contributed by atoms with E-state index in [0.29, 0.717) is 11.1 Å². The standard InChI is InChI=1S/C16H19N3O3S/c1-17-15(21)10-4-2-3-5-11(10)18-14(20)9-6-7-12-13(8-9)22-16(23)19-12/h6-8,10-11H,2-5H2,1H3,(H,17,21)(H,18,20)(H,19,23)/t10-,11+/m1/s1. The van der Waals surface area contributed by atoms with Gasteiger partial charge >= 0.3 is 0 Å². The van der Waals surface area contributed by atoms with E-state index in [0.717, 1.165) is 31.2 Å². The lowest BCUT2D eigenvalue weighted by atomic mass is 9.83. The fourth-order valence-corrected chi connectivity index (χ4v) is 3.34. The first-order chi connectivity index (χ1) is 11.1. The van der Waals surface area contributed by atoms with E-state index in [1.807, 2.05) is 0 Å². The first-order valence-electron chi connectivity index (χ1n) is 7.74.